The number of benzene rings is 1. The largest absolute Gasteiger partial charge is 0.507 e. The molecule has 0 aliphatic carbocycles. The van der Waals surface area contributed by atoms with E-state index in [2.05, 4.69) is 0 Å². The van der Waals surface area contributed by atoms with Crippen LogP contribution in [0.3, 0.4) is 0 Å². The second kappa shape index (κ2) is 3.69. The van der Waals surface area contributed by atoms with Crippen LogP contribution in [0, 0.1) is 0 Å². The fourth-order valence-corrected chi connectivity index (χ4v) is 1.35. The van der Waals surface area contributed by atoms with Crippen molar-refractivity contribution in [2.45, 2.75) is 18.2 Å². The molecule has 1 rings (SSSR count). The first-order chi connectivity index (χ1) is 5.65. The maximum Gasteiger partial charge on any atom is 0.190 e. The predicted molar refractivity (Wildman–Crippen MR) is 46.5 cm³/mol. The third kappa shape index (κ3) is 1.84. The maximum absolute atomic E-state index is 10.6. The van der Waals surface area contributed by atoms with Gasteiger partial charge in [-0.3, -0.25) is 0 Å². The van der Waals surface area contributed by atoms with Crippen LogP contribution in [-0.2, 0) is 17.5 Å². The summed E-state index contributed by atoms with van der Waals surface area (Å²) in [6.45, 7) is 1.95. The van der Waals surface area contributed by atoms with Crippen molar-refractivity contribution in [2.75, 3.05) is 0 Å². The molecule has 0 heterocycles. The van der Waals surface area contributed by atoms with Crippen LogP contribution < -0.4 is 0 Å². The van der Waals surface area contributed by atoms with Gasteiger partial charge in [-0.25, -0.2) is 4.21 Å². The second-order valence-electron chi connectivity index (χ2n) is 2.40. The lowest BCUT2D eigenvalue weighted by molar-refractivity contribution is 0.456. The van der Waals surface area contributed by atoms with Crippen LogP contribution in [0.1, 0.15) is 12.5 Å². The number of phenolic OH excluding ortho intramolecular Hbond substituents is 1. The molecule has 1 aromatic carbocycles. The molecule has 0 fully saturated rings. The number of aryl methyl sites for hydroxylation is 1. The quantitative estimate of drug-likeness (QED) is 0.689. The molecule has 0 aromatic heterocycles. The Balaban J connectivity index is 3.12. The Hall–Kier alpha value is -0.870. The van der Waals surface area contributed by atoms with E-state index in [1.165, 1.54) is 12.1 Å². The van der Waals surface area contributed by atoms with E-state index in [-0.39, 0.29) is 10.6 Å². The molecule has 0 aliphatic heterocycles. The molecular formula is C8H10O3S. The van der Waals surface area contributed by atoms with Crippen molar-refractivity contribution >= 4 is 11.1 Å². The highest BCUT2D eigenvalue weighted by atomic mass is 32.2. The molecule has 0 aliphatic rings. The Morgan fingerprint density at radius 1 is 1.50 bits per heavy atom. The molecule has 1 unspecified atom stereocenters. The van der Waals surface area contributed by atoms with Gasteiger partial charge in [0.15, 0.2) is 11.1 Å². The molecule has 0 saturated carbocycles. The van der Waals surface area contributed by atoms with Gasteiger partial charge in [0.25, 0.3) is 0 Å². The highest BCUT2D eigenvalue weighted by molar-refractivity contribution is 7.79. The molecule has 4 heteroatoms. The highest BCUT2D eigenvalue weighted by Gasteiger charge is 2.06. The van der Waals surface area contributed by atoms with E-state index in [0.717, 1.165) is 12.0 Å². The lowest BCUT2D eigenvalue weighted by Crippen LogP contribution is -1.90. The summed E-state index contributed by atoms with van der Waals surface area (Å²) in [4.78, 5) is 0.0622. The second-order valence-corrected chi connectivity index (χ2v) is 3.34. The lowest BCUT2D eigenvalue weighted by Gasteiger charge is -2.01. The summed E-state index contributed by atoms with van der Waals surface area (Å²) in [5.74, 6) is -0.116. The molecule has 2 N–H and O–H groups in total. The molecule has 12 heavy (non-hydrogen) atoms. The van der Waals surface area contributed by atoms with Gasteiger partial charge >= 0.3 is 0 Å². The van der Waals surface area contributed by atoms with Gasteiger partial charge in [-0.2, -0.15) is 0 Å². The minimum absolute atomic E-state index is 0.0622. The number of phenols is 1. The van der Waals surface area contributed by atoms with Crippen molar-refractivity contribution in [3.63, 3.8) is 0 Å². The van der Waals surface area contributed by atoms with Crippen LogP contribution in [0.2, 0.25) is 0 Å². The smallest absolute Gasteiger partial charge is 0.190 e. The third-order valence-corrected chi connectivity index (χ3v) is 2.34. The minimum atomic E-state index is -2.10. The van der Waals surface area contributed by atoms with Crippen molar-refractivity contribution in [3.05, 3.63) is 23.8 Å². The highest BCUT2D eigenvalue weighted by Crippen LogP contribution is 2.21. The van der Waals surface area contributed by atoms with Gasteiger partial charge < -0.3 is 9.66 Å². The Bertz CT molecular complexity index is 309. The van der Waals surface area contributed by atoms with Crippen LogP contribution in [0.15, 0.2) is 23.1 Å². The molecule has 0 saturated heterocycles. The van der Waals surface area contributed by atoms with Crippen LogP contribution in [0.5, 0.6) is 5.75 Å². The molecule has 0 bridgehead atoms. The summed E-state index contributed by atoms with van der Waals surface area (Å²) in [5, 5.41) is 9.24. The first-order valence-electron chi connectivity index (χ1n) is 3.58. The molecular weight excluding hydrogens is 176 g/mol. The van der Waals surface area contributed by atoms with E-state index in [0.29, 0.717) is 0 Å². The van der Waals surface area contributed by atoms with Gasteiger partial charge in [0.05, 0.1) is 0 Å². The zero-order chi connectivity index (χ0) is 9.14. The summed E-state index contributed by atoms with van der Waals surface area (Å²) < 4.78 is 19.3. The van der Waals surface area contributed by atoms with Crippen LogP contribution in [0.4, 0.5) is 0 Å². The number of aromatic hydroxyl groups is 1. The maximum atomic E-state index is 10.6. The Labute approximate surface area is 73.3 Å². The molecule has 0 amide bonds. The molecule has 66 valence electrons. The molecule has 0 spiro atoms. The first kappa shape index (κ1) is 9.22. The lowest BCUT2D eigenvalue weighted by atomic mass is 10.2. The number of rotatable bonds is 2. The zero-order valence-electron chi connectivity index (χ0n) is 6.65. The summed E-state index contributed by atoms with van der Waals surface area (Å²) >= 11 is -2.10. The number of hydrogen-bond acceptors (Lipinski definition) is 2. The summed E-state index contributed by atoms with van der Waals surface area (Å²) in [7, 11) is 0. The molecule has 1 aromatic rings. The van der Waals surface area contributed by atoms with Gasteiger partial charge in [0, 0.05) is 0 Å². The molecule has 1 atom stereocenters. The van der Waals surface area contributed by atoms with E-state index in [4.69, 9.17) is 4.55 Å². The summed E-state index contributed by atoms with van der Waals surface area (Å²) in [6, 6.07) is 4.69. The predicted octanol–water partition coefficient (Wildman–Crippen LogP) is 1.54. The Morgan fingerprint density at radius 2 is 2.17 bits per heavy atom. The van der Waals surface area contributed by atoms with Crippen molar-refractivity contribution in [3.8, 4) is 5.75 Å². The van der Waals surface area contributed by atoms with E-state index in [1.807, 2.05) is 6.92 Å². The zero-order valence-corrected chi connectivity index (χ0v) is 7.47. The topological polar surface area (TPSA) is 57.5 Å². The van der Waals surface area contributed by atoms with E-state index < -0.39 is 11.1 Å². The summed E-state index contributed by atoms with van der Waals surface area (Å²) in [5.41, 5.74) is 0.946. The van der Waals surface area contributed by atoms with Crippen LogP contribution >= 0.6 is 0 Å². The van der Waals surface area contributed by atoms with Crippen molar-refractivity contribution < 1.29 is 13.9 Å². The van der Waals surface area contributed by atoms with Crippen LogP contribution in [-0.4, -0.2) is 13.9 Å². The van der Waals surface area contributed by atoms with Gasteiger partial charge in [0.1, 0.15) is 10.6 Å². The van der Waals surface area contributed by atoms with Crippen molar-refractivity contribution in [1.29, 1.82) is 0 Å². The van der Waals surface area contributed by atoms with Crippen molar-refractivity contribution in [2.24, 2.45) is 0 Å². The number of hydrogen-bond donors (Lipinski definition) is 2. The average Bonchev–Trinajstić information content (AvgIpc) is 2.03. The van der Waals surface area contributed by atoms with E-state index in [9.17, 15) is 9.32 Å². The molecule has 0 radical (unpaired) electrons. The Kier molecular flexibility index (Phi) is 2.83. The molecule has 3 nitrogen and oxygen atoms in total. The summed E-state index contributed by atoms with van der Waals surface area (Å²) in [6.07, 6.45) is 0.798. The monoisotopic (exact) mass is 186 g/mol. The Morgan fingerprint density at radius 3 is 2.58 bits per heavy atom. The van der Waals surface area contributed by atoms with Crippen LogP contribution in [0.25, 0.3) is 0 Å². The van der Waals surface area contributed by atoms with Gasteiger partial charge in [-0.1, -0.05) is 13.0 Å². The first-order valence-corrected chi connectivity index (χ1v) is 4.68. The van der Waals surface area contributed by atoms with E-state index in [1.54, 1.807) is 6.07 Å². The standard InChI is InChI=1S/C8H10O3S/c1-2-6-3-4-8(12(10)11)7(9)5-6/h3-5,9H,2H2,1H3,(H,10,11). The fourth-order valence-electron chi connectivity index (χ4n) is 0.931. The minimum Gasteiger partial charge on any atom is -0.507 e. The van der Waals surface area contributed by atoms with Gasteiger partial charge in [-0.15, -0.1) is 0 Å². The van der Waals surface area contributed by atoms with E-state index >= 15 is 0 Å². The third-order valence-electron chi connectivity index (χ3n) is 1.62. The van der Waals surface area contributed by atoms with Gasteiger partial charge in [-0.05, 0) is 24.1 Å². The normalized spacial score (nSPS) is 12.8. The van der Waals surface area contributed by atoms with Crippen molar-refractivity contribution in [1.82, 2.24) is 0 Å². The fraction of sp³-hybridized carbons (Fsp3) is 0.250. The SMILES string of the molecule is CCc1ccc(S(=O)O)c(O)c1. The van der Waals surface area contributed by atoms with Gasteiger partial charge in [0.2, 0.25) is 0 Å². The average molecular weight is 186 g/mol.